The second-order valence-electron chi connectivity index (χ2n) is 6.12. The summed E-state index contributed by atoms with van der Waals surface area (Å²) in [6.45, 7) is 0. The molecule has 31 heavy (non-hydrogen) atoms. The molecule has 0 saturated carbocycles. The van der Waals surface area contributed by atoms with E-state index in [0.717, 1.165) is 17.3 Å². The number of furan rings is 1. The molecule has 4 rings (SSSR count). The lowest BCUT2D eigenvalue weighted by molar-refractivity contribution is -0.402. The van der Waals surface area contributed by atoms with Gasteiger partial charge in [-0.25, -0.2) is 0 Å². The number of benzene rings is 2. The predicted molar refractivity (Wildman–Crippen MR) is 115 cm³/mol. The van der Waals surface area contributed by atoms with Gasteiger partial charge in [0.15, 0.2) is 5.78 Å². The summed E-state index contributed by atoms with van der Waals surface area (Å²) < 4.78 is 10.9. The smallest absolute Gasteiger partial charge is 0.411 e. The van der Waals surface area contributed by atoms with E-state index in [0.29, 0.717) is 16.5 Å². The van der Waals surface area contributed by atoms with Crippen molar-refractivity contribution in [3.63, 3.8) is 0 Å². The highest BCUT2D eigenvalue weighted by Gasteiger charge is 2.20. The number of aromatic nitrogens is 2. The summed E-state index contributed by atoms with van der Waals surface area (Å²) in [5.74, 6) is -0.368. The summed E-state index contributed by atoms with van der Waals surface area (Å²) in [6, 6.07) is 18.1. The first-order chi connectivity index (χ1) is 15.0. The summed E-state index contributed by atoms with van der Waals surface area (Å²) in [5.41, 5.74) is 1.12. The van der Waals surface area contributed by atoms with E-state index in [2.05, 4.69) is 10.2 Å². The number of thioether (sulfide) groups is 1. The molecule has 0 spiro atoms. The standard InChI is InChI=1S/C21H12ClN3O5S/c22-15-8-6-13(7-9-15)16(26)12-18(17-10-11-19(29-17)25(27)28)31-21-24-23-20(30-21)14-4-2-1-3-5-14/h1-12H. The molecule has 0 N–H and O–H groups in total. The lowest BCUT2D eigenvalue weighted by atomic mass is 10.1. The van der Waals surface area contributed by atoms with E-state index < -0.39 is 10.8 Å². The van der Waals surface area contributed by atoms with Gasteiger partial charge in [-0.15, -0.1) is 10.2 Å². The molecule has 8 nitrogen and oxygen atoms in total. The minimum Gasteiger partial charge on any atom is -0.411 e. The number of hydrogen-bond donors (Lipinski definition) is 0. The molecule has 0 amide bonds. The number of halogens is 1. The maximum atomic E-state index is 12.7. The van der Waals surface area contributed by atoms with Crippen molar-refractivity contribution < 1.29 is 18.6 Å². The average molecular weight is 454 g/mol. The molecule has 0 aliphatic heterocycles. The van der Waals surface area contributed by atoms with Gasteiger partial charge in [0.25, 0.3) is 5.22 Å². The lowest BCUT2D eigenvalue weighted by Crippen LogP contribution is -1.95. The molecule has 2 aromatic heterocycles. The van der Waals surface area contributed by atoms with Crippen LogP contribution < -0.4 is 0 Å². The molecular formula is C21H12ClN3O5S. The van der Waals surface area contributed by atoms with E-state index in [1.54, 1.807) is 24.3 Å². The van der Waals surface area contributed by atoms with E-state index >= 15 is 0 Å². The fourth-order valence-corrected chi connectivity index (χ4v) is 3.46. The summed E-state index contributed by atoms with van der Waals surface area (Å²) in [5, 5.41) is 19.6. The van der Waals surface area contributed by atoms with Crippen molar-refractivity contribution in [1.29, 1.82) is 0 Å². The number of carbonyl (C=O) groups is 1. The topological polar surface area (TPSA) is 112 Å². The van der Waals surface area contributed by atoms with Crippen molar-refractivity contribution >= 4 is 39.9 Å². The van der Waals surface area contributed by atoms with Crippen molar-refractivity contribution in [3.8, 4) is 11.5 Å². The second-order valence-corrected chi connectivity index (χ2v) is 7.55. The van der Waals surface area contributed by atoms with E-state index in [1.807, 2.05) is 30.3 Å². The zero-order valence-corrected chi connectivity index (χ0v) is 17.2. The molecule has 10 heteroatoms. The minimum absolute atomic E-state index is 0.124. The van der Waals surface area contributed by atoms with Crippen LogP contribution in [0.5, 0.6) is 0 Å². The number of nitrogens with zero attached hydrogens (tertiary/aromatic N) is 3. The summed E-state index contributed by atoms with van der Waals surface area (Å²) >= 11 is 6.84. The predicted octanol–water partition coefficient (Wildman–Crippen LogP) is 5.91. The van der Waals surface area contributed by atoms with Crippen LogP contribution in [0.25, 0.3) is 16.4 Å². The van der Waals surface area contributed by atoms with Crippen LogP contribution in [-0.4, -0.2) is 20.9 Å². The Morgan fingerprint density at radius 2 is 1.74 bits per heavy atom. The molecule has 2 heterocycles. The molecule has 0 aliphatic carbocycles. The van der Waals surface area contributed by atoms with Crippen LogP contribution >= 0.6 is 23.4 Å². The number of rotatable bonds is 7. The fraction of sp³-hybridized carbons (Fsp3) is 0. The summed E-state index contributed by atoms with van der Waals surface area (Å²) in [4.78, 5) is 23.3. The summed E-state index contributed by atoms with van der Waals surface area (Å²) in [6.07, 6.45) is 1.29. The van der Waals surface area contributed by atoms with Gasteiger partial charge in [0.05, 0.1) is 11.0 Å². The zero-order chi connectivity index (χ0) is 21.8. The van der Waals surface area contributed by atoms with Gasteiger partial charge >= 0.3 is 5.88 Å². The van der Waals surface area contributed by atoms with Crippen LogP contribution in [0.15, 0.2) is 86.9 Å². The second kappa shape index (κ2) is 8.99. The molecule has 0 atom stereocenters. The number of carbonyl (C=O) groups excluding carboxylic acids is 1. The first-order valence-electron chi connectivity index (χ1n) is 8.82. The van der Waals surface area contributed by atoms with Gasteiger partial charge in [-0.3, -0.25) is 14.9 Å². The molecule has 2 aromatic carbocycles. The number of allylic oxidation sites excluding steroid dienone is 1. The summed E-state index contributed by atoms with van der Waals surface area (Å²) in [7, 11) is 0. The van der Waals surface area contributed by atoms with Gasteiger partial charge in [0, 0.05) is 22.2 Å². The highest BCUT2D eigenvalue weighted by Crippen LogP contribution is 2.37. The lowest BCUT2D eigenvalue weighted by Gasteiger charge is -2.02. The molecule has 0 unspecified atom stereocenters. The SMILES string of the molecule is O=C(C=C(Sc1nnc(-c2ccccc2)o1)c1ccc([N+](=O)[O-])o1)c1ccc(Cl)cc1. The Balaban J connectivity index is 1.67. The number of nitro groups is 1. The molecule has 0 bridgehead atoms. The largest absolute Gasteiger partial charge is 0.433 e. The minimum atomic E-state index is -0.660. The third-order valence-corrected chi connectivity index (χ3v) is 5.16. The molecule has 154 valence electrons. The van der Waals surface area contributed by atoms with E-state index in [1.165, 1.54) is 18.2 Å². The molecule has 0 saturated heterocycles. The first-order valence-corrected chi connectivity index (χ1v) is 10.0. The van der Waals surface area contributed by atoms with Gasteiger partial charge in [-0.2, -0.15) is 0 Å². The number of hydrogen-bond acceptors (Lipinski definition) is 8. The van der Waals surface area contributed by atoms with Crippen molar-refractivity contribution in [1.82, 2.24) is 10.2 Å². The fourth-order valence-electron chi connectivity index (χ4n) is 2.57. The van der Waals surface area contributed by atoms with Crippen molar-refractivity contribution in [2.75, 3.05) is 0 Å². The van der Waals surface area contributed by atoms with Gasteiger partial charge in [-0.1, -0.05) is 29.8 Å². The Morgan fingerprint density at radius 3 is 2.42 bits per heavy atom. The molecular weight excluding hydrogens is 442 g/mol. The van der Waals surface area contributed by atoms with Gasteiger partial charge in [-0.05, 0) is 54.2 Å². The molecule has 4 aromatic rings. The van der Waals surface area contributed by atoms with Crippen LogP contribution in [0, 0.1) is 10.1 Å². The van der Waals surface area contributed by atoms with Gasteiger partial charge in [0.2, 0.25) is 5.89 Å². The number of ketones is 1. The third-order valence-electron chi connectivity index (χ3n) is 4.03. The Hall–Kier alpha value is -3.69. The highest BCUT2D eigenvalue weighted by atomic mass is 35.5. The van der Waals surface area contributed by atoms with E-state index in [9.17, 15) is 14.9 Å². The normalized spacial score (nSPS) is 11.5. The van der Waals surface area contributed by atoms with Gasteiger partial charge in [0.1, 0.15) is 10.7 Å². The Bertz CT molecular complexity index is 1270. The maximum absolute atomic E-state index is 12.7. The van der Waals surface area contributed by atoms with Crippen LogP contribution in [0.2, 0.25) is 5.02 Å². The molecule has 0 radical (unpaired) electrons. The van der Waals surface area contributed by atoms with Crippen LogP contribution in [0.1, 0.15) is 16.1 Å². The van der Waals surface area contributed by atoms with E-state index in [-0.39, 0.29) is 21.7 Å². The third kappa shape index (κ3) is 4.90. The Labute approximate surface area is 184 Å². The molecule has 0 aliphatic rings. The average Bonchev–Trinajstić information content (AvgIpc) is 3.44. The first kappa shape index (κ1) is 20.6. The van der Waals surface area contributed by atoms with Crippen LogP contribution in [-0.2, 0) is 0 Å². The van der Waals surface area contributed by atoms with Crippen LogP contribution in [0.3, 0.4) is 0 Å². The van der Waals surface area contributed by atoms with Crippen LogP contribution in [0.4, 0.5) is 5.88 Å². The van der Waals surface area contributed by atoms with Gasteiger partial charge < -0.3 is 8.83 Å². The van der Waals surface area contributed by atoms with E-state index in [4.69, 9.17) is 20.4 Å². The maximum Gasteiger partial charge on any atom is 0.433 e. The zero-order valence-electron chi connectivity index (χ0n) is 15.6. The Kier molecular flexibility index (Phi) is 5.96. The van der Waals surface area contributed by atoms with Crippen molar-refractivity contribution in [2.45, 2.75) is 5.22 Å². The van der Waals surface area contributed by atoms with Crippen molar-refractivity contribution in [3.05, 3.63) is 99.3 Å². The molecule has 0 fully saturated rings. The Morgan fingerprint density at radius 1 is 1.00 bits per heavy atom. The quantitative estimate of drug-likeness (QED) is 0.112. The monoisotopic (exact) mass is 453 g/mol. The highest BCUT2D eigenvalue weighted by molar-refractivity contribution is 8.08. The van der Waals surface area contributed by atoms with Crippen molar-refractivity contribution in [2.24, 2.45) is 0 Å².